The number of alkyl halides is 3. The maximum Gasteiger partial charge on any atom is 0.416 e. The number of halogens is 6. The Morgan fingerprint density at radius 2 is 1.64 bits per heavy atom. The molecule has 0 heterocycles. The number of nitrogens with zero attached hydrogens (tertiary/aromatic N) is 1. The molecule has 0 aliphatic heterocycles. The maximum absolute atomic E-state index is 12.8. The number of hydrogen-bond acceptors (Lipinski definition) is 3. The van der Waals surface area contributed by atoms with Crippen molar-refractivity contribution in [3.63, 3.8) is 0 Å². The quantitative estimate of drug-likeness (QED) is 0.656. The van der Waals surface area contributed by atoms with Crippen molar-refractivity contribution in [1.29, 1.82) is 0 Å². The van der Waals surface area contributed by atoms with Crippen LogP contribution >= 0.6 is 34.8 Å². The zero-order valence-corrected chi connectivity index (χ0v) is 17.1. The lowest BCUT2D eigenvalue weighted by Crippen LogP contribution is -2.37. The summed E-state index contributed by atoms with van der Waals surface area (Å²) in [5.74, 6) is -0.905. The summed E-state index contributed by atoms with van der Waals surface area (Å²) in [7, 11) is -3.92. The minimum atomic E-state index is -4.64. The molecule has 0 saturated carbocycles. The Hall–Kier alpha value is -1.68. The zero-order chi connectivity index (χ0) is 21.3. The Morgan fingerprint density at radius 3 is 2.18 bits per heavy atom. The highest BCUT2D eigenvalue weighted by molar-refractivity contribution is 7.92. The van der Waals surface area contributed by atoms with E-state index >= 15 is 0 Å². The fourth-order valence-corrected chi connectivity index (χ4v) is 3.46. The van der Waals surface area contributed by atoms with Crippen molar-refractivity contribution in [2.45, 2.75) is 6.18 Å². The molecule has 0 unspecified atom stereocenters. The highest BCUT2D eigenvalue weighted by atomic mass is 35.5. The largest absolute Gasteiger partial charge is 0.416 e. The van der Waals surface area contributed by atoms with Crippen LogP contribution in [0.25, 0.3) is 0 Å². The summed E-state index contributed by atoms with van der Waals surface area (Å²) < 4.78 is 63.3. The summed E-state index contributed by atoms with van der Waals surface area (Å²) in [4.78, 5) is 12.3. The van der Waals surface area contributed by atoms with E-state index in [0.29, 0.717) is 6.07 Å². The Labute approximate surface area is 174 Å². The Balaban J connectivity index is 2.29. The molecule has 0 aliphatic carbocycles. The molecule has 0 fully saturated rings. The van der Waals surface area contributed by atoms with Gasteiger partial charge in [-0.1, -0.05) is 34.8 Å². The van der Waals surface area contributed by atoms with Crippen molar-refractivity contribution in [1.82, 2.24) is 0 Å². The molecule has 12 heteroatoms. The Bertz CT molecular complexity index is 1010. The lowest BCUT2D eigenvalue weighted by Gasteiger charge is -2.22. The zero-order valence-electron chi connectivity index (χ0n) is 14.0. The predicted molar refractivity (Wildman–Crippen MR) is 104 cm³/mol. The topological polar surface area (TPSA) is 66.5 Å². The molecule has 0 radical (unpaired) electrons. The van der Waals surface area contributed by atoms with E-state index in [1.54, 1.807) is 0 Å². The van der Waals surface area contributed by atoms with Gasteiger partial charge in [-0.05, 0) is 36.4 Å². The second kappa shape index (κ2) is 8.36. The number of anilines is 2. The van der Waals surface area contributed by atoms with E-state index in [2.05, 4.69) is 5.32 Å². The highest BCUT2D eigenvalue weighted by Crippen LogP contribution is 2.34. The molecule has 0 aliphatic rings. The number of hydrogen-bond donors (Lipinski definition) is 1. The van der Waals surface area contributed by atoms with Gasteiger partial charge in [0, 0.05) is 0 Å². The summed E-state index contributed by atoms with van der Waals surface area (Å²) in [5.41, 5.74) is -1.26. The van der Waals surface area contributed by atoms with Crippen LogP contribution in [0.15, 0.2) is 36.4 Å². The van der Waals surface area contributed by atoms with Crippen molar-refractivity contribution in [3.8, 4) is 0 Å². The van der Waals surface area contributed by atoms with Crippen molar-refractivity contribution >= 4 is 62.1 Å². The van der Waals surface area contributed by atoms with E-state index in [4.69, 9.17) is 34.8 Å². The van der Waals surface area contributed by atoms with Crippen LogP contribution < -0.4 is 9.62 Å². The number of rotatable bonds is 5. The SMILES string of the molecule is CS(=O)(=O)N(CC(=O)Nc1cc(C(F)(F)F)ccc1Cl)c1ccc(Cl)c(Cl)c1. The summed E-state index contributed by atoms with van der Waals surface area (Å²) >= 11 is 17.5. The third-order valence-electron chi connectivity index (χ3n) is 3.45. The van der Waals surface area contributed by atoms with Crippen LogP contribution in [0.2, 0.25) is 15.1 Å². The van der Waals surface area contributed by atoms with E-state index in [1.807, 2.05) is 0 Å². The monoisotopic (exact) mass is 474 g/mol. The fourth-order valence-electron chi connectivity index (χ4n) is 2.16. The second-order valence-electron chi connectivity index (χ2n) is 5.61. The van der Waals surface area contributed by atoms with Gasteiger partial charge in [0.2, 0.25) is 15.9 Å². The van der Waals surface area contributed by atoms with Gasteiger partial charge in [-0.15, -0.1) is 0 Å². The number of benzene rings is 2. The molecule has 1 amide bonds. The summed E-state index contributed by atoms with van der Waals surface area (Å²) in [6, 6.07) is 6.32. The van der Waals surface area contributed by atoms with Gasteiger partial charge in [0.05, 0.1) is 38.3 Å². The minimum absolute atomic E-state index is 0.0576. The third kappa shape index (κ3) is 5.66. The first-order valence-corrected chi connectivity index (χ1v) is 10.4. The lowest BCUT2D eigenvalue weighted by atomic mass is 10.2. The molecule has 1 N–H and O–H groups in total. The number of nitrogens with one attached hydrogen (secondary N) is 1. The van der Waals surface area contributed by atoms with Crippen LogP contribution in [-0.4, -0.2) is 27.1 Å². The molecule has 2 aromatic rings. The summed E-state index contributed by atoms with van der Waals surface area (Å²) in [5, 5.41) is 2.29. The van der Waals surface area contributed by atoms with Gasteiger partial charge < -0.3 is 5.32 Å². The van der Waals surface area contributed by atoms with Crippen LogP contribution in [0.4, 0.5) is 24.5 Å². The van der Waals surface area contributed by atoms with E-state index in [1.165, 1.54) is 18.2 Å². The van der Waals surface area contributed by atoms with Crippen LogP contribution in [-0.2, 0) is 21.0 Å². The highest BCUT2D eigenvalue weighted by Gasteiger charge is 2.31. The van der Waals surface area contributed by atoms with Gasteiger partial charge in [-0.3, -0.25) is 9.10 Å². The van der Waals surface area contributed by atoms with Crippen molar-refractivity contribution < 1.29 is 26.4 Å². The van der Waals surface area contributed by atoms with E-state index in [-0.39, 0.29) is 26.4 Å². The van der Waals surface area contributed by atoms with Gasteiger partial charge in [-0.25, -0.2) is 8.42 Å². The van der Waals surface area contributed by atoms with Crippen LogP contribution in [0.5, 0.6) is 0 Å². The fraction of sp³-hybridized carbons (Fsp3) is 0.188. The molecule has 0 aromatic heterocycles. The molecule has 2 aromatic carbocycles. The molecule has 28 heavy (non-hydrogen) atoms. The molecule has 2 rings (SSSR count). The van der Waals surface area contributed by atoms with E-state index in [0.717, 1.165) is 22.7 Å². The molecular formula is C16H12Cl3F3N2O3S. The molecule has 0 atom stereocenters. The summed E-state index contributed by atoms with van der Waals surface area (Å²) in [6.07, 6.45) is -3.77. The van der Waals surface area contributed by atoms with Gasteiger partial charge in [0.15, 0.2) is 0 Å². The van der Waals surface area contributed by atoms with Crippen molar-refractivity contribution in [2.24, 2.45) is 0 Å². The van der Waals surface area contributed by atoms with Crippen LogP contribution in [0.3, 0.4) is 0 Å². The first-order valence-electron chi connectivity index (χ1n) is 7.38. The average Bonchev–Trinajstić information content (AvgIpc) is 2.55. The number of amides is 1. The second-order valence-corrected chi connectivity index (χ2v) is 8.74. The van der Waals surface area contributed by atoms with Gasteiger partial charge in [-0.2, -0.15) is 13.2 Å². The Kier molecular flexibility index (Phi) is 6.75. The molecular weight excluding hydrogens is 464 g/mol. The van der Waals surface area contributed by atoms with Gasteiger partial charge in [0.1, 0.15) is 6.54 Å². The lowest BCUT2D eigenvalue weighted by molar-refractivity contribution is -0.137. The van der Waals surface area contributed by atoms with Crippen molar-refractivity contribution in [2.75, 3.05) is 22.4 Å². The molecule has 0 spiro atoms. The molecule has 0 bridgehead atoms. The minimum Gasteiger partial charge on any atom is -0.323 e. The summed E-state index contributed by atoms with van der Waals surface area (Å²) in [6.45, 7) is -0.719. The molecule has 0 saturated heterocycles. The van der Waals surface area contributed by atoms with E-state index in [9.17, 15) is 26.4 Å². The maximum atomic E-state index is 12.8. The first-order chi connectivity index (χ1) is 12.8. The standard InChI is InChI=1S/C16H12Cl3F3N2O3S/c1-28(26,27)24(10-3-5-11(17)13(19)7-10)8-15(25)23-14-6-9(16(20,21)22)2-4-12(14)18/h2-7H,8H2,1H3,(H,23,25). The van der Waals surface area contributed by atoms with E-state index < -0.39 is 34.2 Å². The molecule has 5 nitrogen and oxygen atoms in total. The normalized spacial score (nSPS) is 12.0. The van der Waals surface area contributed by atoms with Crippen LogP contribution in [0.1, 0.15) is 5.56 Å². The predicted octanol–water partition coefficient (Wildman–Crippen LogP) is 5.07. The van der Waals surface area contributed by atoms with Gasteiger partial charge >= 0.3 is 6.18 Å². The number of sulfonamides is 1. The van der Waals surface area contributed by atoms with Gasteiger partial charge in [0.25, 0.3) is 0 Å². The third-order valence-corrected chi connectivity index (χ3v) is 5.66. The van der Waals surface area contributed by atoms with Crippen molar-refractivity contribution in [3.05, 3.63) is 57.0 Å². The Morgan fingerprint density at radius 1 is 1.04 bits per heavy atom. The smallest absolute Gasteiger partial charge is 0.323 e. The number of carbonyl (C=O) groups is 1. The number of carbonyl (C=O) groups excluding carboxylic acids is 1. The molecule has 152 valence electrons. The first kappa shape index (κ1) is 22.6. The van der Waals surface area contributed by atoms with Crippen LogP contribution in [0, 0.1) is 0 Å². The average molecular weight is 476 g/mol.